The minimum atomic E-state index is -0.787. The molecule has 7 heteroatoms. The maximum Gasteiger partial charge on any atom is 0.325 e. The van der Waals surface area contributed by atoms with E-state index in [4.69, 9.17) is 14.5 Å². The van der Waals surface area contributed by atoms with Gasteiger partial charge in [-0.1, -0.05) is 31.0 Å². The number of aliphatic carboxylic acids is 1. The van der Waals surface area contributed by atoms with Gasteiger partial charge >= 0.3 is 5.97 Å². The van der Waals surface area contributed by atoms with Crippen molar-refractivity contribution in [2.45, 2.75) is 76.4 Å². The summed E-state index contributed by atoms with van der Waals surface area (Å²) in [6.45, 7) is 2.64. The Bertz CT molecular complexity index is 1040. The smallest absolute Gasteiger partial charge is 0.325 e. The van der Waals surface area contributed by atoms with Crippen molar-refractivity contribution >= 4 is 11.8 Å². The molecule has 1 saturated carbocycles. The summed E-state index contributed by atoms with van der Waals surface area (Å²) in [5.41, 5.74) is 3.10. The van der Waals surface area contributed by atoms with Crippen LogP contribution >= 0.6 is 0 Å². The molecule has 0 radical (unpaired) electrons. The van der Waals surface area contributed by atoms with Gasteiger partial charge in [0.05, 0.1) is 13.2 Å². The zero-order chi connectivity index (χ0) is 24.9. The number of rotatable bonds is 12. The van der Waals surface area contributed by atoms with Crippen LogP contribution in [-0.4, -0.2) is 53.8 Å². The molecular weight excluding hydrogens is 454 g/mol. The Morgan fingerprint density at radius 2 is 2.06 bits per heavy atom. The number of benzene rings is 1. The van der Waals surface area contributed by atoms with Crippen molar-refractivity contribution in [3.05, 3.63) is 47.2 Å². The van der Waals surface area contributed by atoms with E-state index in [0.29, 0.717) is 5.92 Å². The average Bonchev–Trinajstić information content (AvgIpc) is 3.59. The van der Waals surface area contributed by atoms with E-state index in [2.05, 4.69) is 16.3 Å². The minimum Gasteiger partial charge on any atom is -0.496 e. The molecule has 0 amide bonds. The van der Waals surface area contributed by atoms with Gasteiger partial charge in [0.15, 0.2) is 0 Å². The van der Waals surface area contributed by atoms with Crippen LogP contribution in [0.15, 0.2) is 30.3 Å². The van der Waals surface area contributed by atoms with Crippen molar-refractivity contribution in [3.8, 4) is 11.5 Å². The molecule has 3 heterocycles. The van der Waals surface area contributed by atoms with Crippen LogP contribution < -0.4 is 14.8 Å². The third-order valence-corrected chi connectivity index (χ3v) is 7.75. The van der Waals surface area contributed by atoms with Crippen LogP contribution in [0.1, 0.15) is 74.2 Å². The fourth-order valence-corrected chi connectivity index (χ4v) is 5.68. The summed E-state index contributed by atoms with van der Waals surface area (Å²) in [6, 6.07) is 9.16. The van der Waals surface area contributed by atoms with Gasteiger partial charge in [-0.05, 0) is 69.9 Å². The fraction of sp³-hybridized carbons (Fsp3) is 0.586. The second-order valence-corrected chi connectivity index (χ2v) is 10.5. The van der Waals surface area contributed by atoms with Gasteiger partial charge in [-0.3, -0.25) is 9.69 Å². The molecule has 1 aromatic carbocycles. The number of para-hydroxylation sites is 1. The Balaban J connectivity index is 1.10. The maximum atomic E-state index is 12.3. The largest absolute Gasteiger partial charge is 0.496 e. The molecule has 1 saturated heterocycles. The topological polar surface area (TPSA) is 83.9 Å². The number of aryl methyl sites for hydroxylation is 1. The zero-order valence-corrected chi connectivity index (χ0v) is 21.4. The Labute approximate surface area is 214 Å². The minimum absolute atomic E-state index is 0.251. The number of pyridine rings is 1. The predicted molar refractivity (Wildman–Crippen MR) is 140 cm³/mol. The van der Waals surface area contributed by atoms with E-state index in [9.17, 15) is 9.90 Å². The van der Waals surface area contributed by atoms with E-state index in [1.807, 2.05) is 24.3 Å². The third-order valence-electron chi connectivity index (χ3n) is 7.75. The third kappa shape index (κ3) is 5.94. The Hall–Kier alpha value is -2.80. The number of hydrogen-bond acceptors (Lipinski definition) is 6. The number of carboxylic acids is 1. The SMILES string of the molecule is COc1cc(CCCCC[C@@H]2CCN(C(C(=O)O)c3ccccc3OC3CC3)C2)nc2c1CCCN2. The summed E-state index contributed by atoms with van der Waals surface area (Å²) >= 11 is 0. The van der Waals surface area contributed by atoms with Crippen LogP contribution in [0.3, 0.4) is 0 Å². The number of unbranched alkanes of at least 4 members (excludes halogenated alkanes) is 2. The number of nitrogens with zero attached hydrogens (tertiary/aromatic N) is 2. The van der Waals surface area contributed by atoms with Crippen LogP contribution in [0.25, 0.3) is 0 Å². The van der Waals surface area contributed by atoms with Crippen molar-refractivity contribution in [3.63, 3.8) is 0 Å². The molecule has 2 fully saturated rings. The van der Waals surface area contributed by atoms with Crippen LogP contribution in [0.2, 0.25) is 0 Å². The molecule has 1 aromatic heterocycles. The molecule has 7 nitrogen and oxygen atoms in total. The number of fused-ring (bicyclic) bond motifs is 1. The van der Waals surface area contributed by atoms with Crippen molar-refractivity contribution < 1.29 is 19.4 Å². The van der Waals surface area contributed by atoms with Gasteiger partial charge in [0, 0.05) is 36.0 Å². The second kappa shape index (κ2) is 11.5. The van der Waals surface area contributed by atoms with Crippen LogP contribution in [0, 0.1) is 5.92 Å². The lowest BCUT2D eigenvalue weighted by molar-refractivity contribution is -0.143. The first-order valence-corrected chi connectivity index (χ1v) is 13.7. The lowest BCUT2D eigenvalue weighted by Crippen LogP contribution is -2.32. The van der Waals surface area contributed by atoms with Gasteiger partial charge in [0.1, 0.15) is 23.4 Å². The predicted octanol–water partition coefficient (Wildman–Crippen LogP) is 5.24. The first-order valence-electron chi connectivity index (χ1n) is 13.7. The van der Waals surface area contributed by atoms with Crippen molar-refractivity contribution in [2.24, 2.45) is 5.92 Å². The normalized spacial score (nSPS) is 20.4. The number of carboxylic acid groups (broad SMARTS) is 1. The molecule has 1 unspecified atom stereocenters. The van der Waals surface area contributed by atoms with Gasteiger partial charge in [0.25, 0.3) is 0 Å². The molecular formula is C29H39N3O4. The molecule has 1 aliphatic carbocycles. The highest BCUT2D eigenvalue weighted by Crippen LogP contribution is 2.37. The van der Waals surface area contributed by atoms with E-state index in [0.717, 1.165) is 112 Å². The molecule has 36 heavy (non-hydrogen) atoms. The van der Waals surface area contributed by atoms with E-state index in [-0.39, 0.29) is 6.10 Å². The summed E-state index contributed by atoms with van der Waals surface area (Å²) < 4.78 is 11.7. The molecule has 2 aliphatic heterocycles. The molecule has 194 valence electrons. The summed E-state index contributed by atoms with van der Waals surface area (Å²) in [5, 5.41) is 13.5. The van der Waals surface area contributed by atoms with Crippen molar-refractivity contribution in [2.75, 3.05) is 32.1 Å². The number of hydrogen-bond donors (Lipinski definition) is 2. The summed E-state index contributed by atoms with van der Waals surface area (Å²) in [4.78, 5) is 19.3. The molecule has 2 atom stereocenters. The van der Waals surface area contributed by atoms with E-state index < -0.39 is 12.0 Å². The summed E-state index contributed by atoms with van der Waals surface area (Å²) in [5.74, 6) is 2.46. The van der Waals surface area contributed by atoms with Gasteiger partial charge in [0.2, 0.25) is 0 Å². The number of anilines is 1. The van der Waals surface area contributed by atoms with Crippen LogP contribution in [0.5, 0.6) is 11.5 Å². The molecule has 0 bridgehead atoms. The maximum absolute atomic E-state index is 12.3. The highest BCUT2D eigenvalue weighted by atomic mass is 16.5. The quantitative estimate of drug-likeness (QED) is 0.391. The van der Waals surface area contributed by atoms with E-state index >= 15 is 0 Å². The highest BCUT2D eigenvalue weighted by molar-refractivity contribution is 5.76. The number of ether oxygens (including phenoxy) is 2. The molecule has 5 rings (SSSR count). The highest BCUT2D eigenvalue weighted by Gasteiger charge is 2.36. The fourth-order valence-electron chi connectivity index (χ4n) is 5.68. The molecule has 2 N–H and O–H groups in total. The Morgan fingerprint density at radius 3 is 2.86 bits per heavy atom. The summed E-state index contributed by atoms with van der Waals surface area (Å²) in [7, 11) is 1.74. The first kappa shape index (κ1) is 24.9. The van der Waals surface area contributed by atoms with Crippen molar-refractivity contribution in [1.82, 2.24) is 9.88 Å². The van der Waals surface area contributed by atoms with E-state index in [1.54, 1.807) is 7.11 Å². The lowest BCUT2D eigenvalue weighted by Gasteiger charge is -2.26. The van der Waals surface area contributed by atoms with Crippen molar-refractivity contribution in [1.29, 1.82) is 0 Å². The lowest BCUT2D eigenvalue weighted by atomic mass is 9.99. The standard InChI is InChI=1S/C29H39N3O4/c1-35-26-18-21(31-28-24(26)11-7-16-30-28)9-4-2-3-8-20-15-17-32(19-20)27(29(33)34)23-10-5-6-12-25(23)36-22-13-14-22/h5-6,10,12,18,20,22,27H,2-4,7-9,11,13-17,19H2,1H3,(H,30,31)(H,33,34)/t20-,27?/m1/s1. The number of carbonyl (C=O) groups is 1. The Kier molecular flexibility index (Phi) is 7.95. The van der Waals surface area contributed by atoms with Gasteiger partial charge in [-0.2, -0.15) is 0 Å². The van der Waals surface area contributed by atoms with Crippen LogP contribution in [0.4, 0.5) is 5.82 Å². The van der Waals surface area contributed by atoms with E-state index in [1.165, 1.54) is 5.56 Å². The Morgan fingerprint density at radius 1 is 1.19 bits per heavy atom. The van der Waals surface area contributed by atoms with Crippen LogP contribution in [-0.2, 0) is 17.6 Å². The molecule has 2 aromatic rings. The summed E-state index contributed by atoms with van der Waals surface area (Å²) in [6.07, 6.45) is 11.1. The molecule has 3 aliphatic rings. The first-order chi connectivity index (χ1) is 17.6. The van der Waals surface area contributed by atoms with Gasteiger partial charge in [-0.25, -0.2) is 4.98 Å². The monoisotopic (exact) mass is 493 g/mol. The second-order valence-electron chi connectivity index (χ2n) is 10.5. The number of nitrogens with one attached hydrogen (secondary N) is 1. The van der Waals surface area contributed by atoms with Gasteiger partial charge in [-0.15, -0.1) is 0 Å². The molecule has 0 spiro atoms. The average molecular weight is 494 g/mol. The number of methoxy groups -OCH3 is 1. The number of aromatic nitrogens is 1. The number of likely N-dealkylation sites (tertiary alicyclic amines) is 1. The van der Waals surface area contributed by atoms with Gasteiger partial charge < -0.3 is 19.9 Å². The zero-order valence-electron chi connectivity index (χ0n) is 21.4.